The van der Waals surface area contributed by atoms with Crippen molar-refractivity contribution < 1.29 is 13.2 Å². The zero-order valence-corrected chi connectivity index (χ0v) is 11.0. The summed E-state index contributed by atoms with van der Waals surface area (Å²) in [6.07, 6.45) is 8.54. The molecule has 0 amide bonds. The van der Waals surface area contributed by atoms with Crippen LogP contribution in [0.2, 0.25) is 0 Å². The van der Waals surface area contributed by atoms with Crippen molar-refractivity contribution in [2.75, 3.05) is 0 Å². The topological polar surface area (TPSA) is 0 Å². The Morgan fingerprint density at radius 1 is 0.842 bits per heavy atom. The van der Waals surface area contributed by atoms with Gasteiger partial charge in [-0.05, 0) is 48.3 Å². The van der Waals surface area contributed by atoms with Gasteiger partial charge in [0, 0.05) is 0 Å². The lowest BCUT2D eigenvalue weighted by Gasteiger charge is -2.34. The first kappa shape index (κ1) is 13.0. The van der Waals surface area contributed by atoms with Gasteiger partial charge in [-0.1, -0.05) is 32.1 Å². The van der Waals surface area contributed by atoms with Crippen LogP contribution < -0.4 is 0 Å². The van der Waals surface area contributed by atoms with Crippen LogP contribution in [0.4, 0.5) is 13.2 Å². The number of benzene rings is 1. The van der Waals surface area contributed by atoms with E-state index in [4.69, 9.17) is 0 Å². The molecule has 0 N–H and O–H groups in total. The average Bonchev–Trinajstić information content (AvgIpc) is 2.45. The van der Waals surface area contributed by atoms with Gasteiger partial charge in [-0.15, -0.1) is 0 Å². The molecule has 2 aliphatic rings. The zero-order chi connectivity index (χ0) is 13.4. The van der Waals surface area contributed by atoms with Gasteiger partial charge in [-0.3, -0.25) is 0 Å². The Balaban J connectivity index is 1.83. The molecule has 1 aromatic carbocycles. The van der Waals surface area contributed by atoms with Crippen molar-refractivity contribution in [3.05, 3.63) is 34.6 Å². The van der Waals surface area contributed by atoms with Crippen molar-refractivity contribution in [3.8, 4) is 0 Å². The first-order valence-electron chi connectivity index (χ1n) is 7.32. The second-order valence-electron chi connectivity index (χ2n) is 6.03. The highest BCUT2D eigenvalue weighted by molar-refractivity contribution is 5.33. The average molecular weight is 268 g/mol. The Hall–Kier alpha value is -0.990. The van der Waals surface area contributed by atoms with Gasteiger partial charge in [0.15, 0.2) is 17.5 Å². The second kappa shape index (κ2) is 5.18. The third-order valence-electron chi connectivity index (χ3n) is 4.92. The molecule has 0 bridgehead atoms. The molecule has 1 saturated carbocycles. The van der Waals surface area contributed by atoms with E-state index < -0.39 is 17.5 Å². The summed E-state index contributed by atoms with van der Waals surface area (Å²) in [7, 11) is 0. The maximum atomic E-state index is 13.7. The van der Waals surface area contributed by atoms with Crippen LogP contribution in [-0.4, -0.2) is 0 Å². The van der Waals surface area contributed by atoms with Gasteiger partial charge in [0.25, 0.3) is 0 Å². The van der Waals surface area contributed by atoms with Crippen LogP contribution in [-0.2, 0) is 12.8 Å². The highest BCUT2D eigenvalue weighted by Gasteiger charge is 2.30. The van der Waals surface area contributed by atoms with Crippen LogP contribution in [0.15, 0.2) is 6.07 Å². The van der Waals surface area contributed by atoms with E-state index in [9.17, 15) is 13.2 Å². The first-order chi connectivity index (χ1) is 9.16. The summed E-state index contributed by atoms with van der Waals surface area (Å²) in [4.78, 5) is 0. The Morgan fingerprint density at radius 3 is 2.32 bits per heavy atom. The zero-order valence-electron chi connectivity index (χ0n) is 11.0. The Morgan fingerprint density at radius 2 is 1.58 bits per heavy atom. The van der Waals surface area contributed by atoms with E-state index in [2.05, 4.69) is 0 Å². The fourth-order valence-corrected chi connectivity index (χ4v) is 3.86. The minimum absolute atomic E-state index is 0.408. The molecule has 1 aromatic rings. The lowest BCUT2D eigenvalue weighted by molar-refractivity contribution is 0.225. The van der Waals surface area contributed by atoms with E-state index in [-0.39, 0.29) is 0 Å². The summed E-state index contributed by atoms with van der Waals surface area (Å²) in [5.41, 5.74) is 1.10. The molecule has 104 valence electrons. The predicted octanol–water partition coefficient (Wildman–Crippen LogP) is 4.79. The van der Waals surface area contributed by atoms with Gasteiger partial charge in [-0.25, -0.2) is 13.2 Å². The third-order valence-corrected chi connectivity index (χ3v) is 4.92. The van der Waals surface area contributed by atoms with Crippen molar-refractivity contribution in [1.82, 2.24) is 0 Å². The van der Waals surface area contributed by atoms with Crippen LogP contribution in [0.25, 0.3) is 0 Å². The number of hydrogen-bond acceptors (Lipinski definition) is 0. The molecule has 1 atom stereocenters. The van der Waals surface area contributed by atoms with Crippen molar-refractivity contribution in [1.29, 1.82) is 0 Å². The van der Waals surface area contributed by atoms with Gasteiger partial charge in [0.2, 0.25) is 0 Å². The molecule has 0 aliphatic heterocycles. The highest BCUT2D eigenvalue weighted by atomic mass is 19.2. The third kappa shape index (κ3) is 2.39. The summed E-state index contributed by atoms with van der Waals surface area (Å²) in [6, 6.07) is 1.21. The lowest BCUT2D eigenvalue weighted by Crippen LogP contribution is -2.25. The molecule has 2 aliphatic carbocycles. The smallest absolute Gasteiger partial charge is 0.194 e. The van der Waals surface area contributed by atoms with Gasteiger partial charge in [-0.2, -0.15) is 0 Å². The molecule has 3 heteroatoms. The molecular weight excluding hydrogens is 249 g/mol. The van der Waals surface area contributed by atoms with Crippen LogP contribution in [0.5, 0.6) is 0 Å². The predicted molar refractivity (Wildman–Crippen MR) is 68.4 cm³/mol. The van der Waals surface area contributed by atoms with Crippen LogP contribution in [0.1, 0.15) is 49.7 Å². The lowest BCUT2D eigenvalue weighted by atomic mass is 9.71. The summed E-state index contributed by atoms with van der Waals surface area (Å²) in [5.74, 6) is -2.09. The standard InChI is InChI=1S/C16H19F3/c17-14-9-12-8-11(10-4-2-1-3-5-10)6-7-13(12)15(18)16(14)19/h9-11H,1-8H2. The van der Waals surface area contributed by atoms with Crippen LogP contribution in [0, 0.1) is 29.3 Å². The van der Waals surface area contributed by atoms with E-state index in [1.165, 1.54) is 38.2 Å². The molecule has 0 heterocycles. The number of halogens is 3. The molecule has 0 radical (unpaired) electrons. The number of fused-ring (bicyclic) bond motifs is 1. The maximum absolute atomic E-state index is 13.7. The minimum atomic E-state index is -1.31. The second-order valence-corrected chi connectivity index (χ2v) is 6.03. The largest absolute Gasteiger partial charge is 0.204 e. The maximum Gasteiger partial charge on any atom is 0.194 e. The summed E-state index contributed by atoms with van der Waals surface area (Å²) in [5, 5.41) is 0. The van der Waals surface area contributed by atoms with E-state index in [1.807, 2.05) is 0 Å². The van der Waals surface area contributed by atoms with Crippen molar-refractivity contribution in [2.45, 2.75) is 51.4 Å². The molecule has 1 fully saturated rings. The molecule has 1 unspecified atom stereocenters. The van der Waals surface area contributed by atoms with E-state index in [0.717, 1.165) is 6.42 Å². The molecule has 0 spiro atoms. The van der Waals surface area contributed by atoms with Gasteiger partial charge < -0.3 is 0 Å². The van der Waals surface area contributed by atoms with Gasteiger partial charge in [0.05, 0.1) is 0 Å². The normalized spacial score (nSPS) is 24.3. The highest BCUT2D eigenvalue weighted by Crippen LogP contribution is 2.39. The fraction of sp³-hybridized carbons (Fsp3) is 0.625. The van der Waals surface area contributed by atoms with E-state index in [0.29, 0.717) is 35.8 Å². The van der Waals surface area contributed by atoms with Crippen molar-refractivity contribution in [3.63, 3.8) is 0 Å². The summed E-state index contributed by atoms with van der Waals surface area (Å²) in [6.45, 7) is 0. The molecule has 19 heavy (non-hydrogen) atoms. The monoisotopic (exact) mass is 268 g/mol. The Labute approximate surface area is 112 Å². The molecule has 0 saturated heterocycles. The molecule has 0 aromatic heterocycles. The van der Waals surface area contributed by atoms with Crippen LogP contribution in [0.3, 0.4) is 0 Å². The van der Waals surface area contributed by atoms with Gasteiger partial charge >= 0.3 is 0 Å². The summed E-state index contributed by atoms with van der Waals surface area (Å²) < 4.78 is 40.2. The summed E-state index contributed by atoms with van der Waals surface area (Å²) >= 11 is 0. The van der Waals surface area contributed by atoms with Crippen molar-refractivity contribution >= 4 is 0 Å². The molecule has 0 nitrogen and oxygen atoms in total. The minimum Gasteiger partial charge on any atom is -0.204 e. The van der Waals surface area contributed by atoms with Crippen LogP contribution >= 0.6 is 0 Å². The first-order valence-corrected chi connectivity index (χ1v) is 7.32. The quantitative estimate of drug-likeness (QED) is 0.642. The molecular formula is C16H19F3. The van der Waals surface area contributed by atoms with E-state index >= 15 is 0 Å². The Bertz CT molecular complexity index is 475. The number of hydrogen-bond donors (Lipinski definition) is 0. The Kier molecular flexibility index (Phi) is 3.55. The number of rotatable bonds is 1. The SMILES string of the molecule is Fc1cc2c(c(F)c1F)CCC(C1CCCCC1)C2. The van der Waals surface area contributed by atoms with Crippen molar-refractivity contribution in [2.24, 2.45) is 11.8 Å². The van der Waals surface area contributed by atoms with E-state index in [1.54, 1.807) is 0 Å². The fourth-order valence-electron chi connectivity index (χ4n) is 3.86. The van der Waals surface area contributed by atoms with Gasteiger partial charge in [0.1, 0.15) is 0 Å². The molecule has 3 rings (SSSR count).